The average molecular weight is 606 g/mol. The molecule has 1 atom stereocenters. The summed E-state index contributed by atoms with van der Waals surface area (Å²) in [7, 11) is 1.69. The third-order valence-electron chi connectivity index (χ3n) is 7.75. The van der Waals surface area contributed by atoms with Crippen molar-refractivity contribution in [1.82, 2.24) is 14.7 Å². The van der Waals surface area contributed by atoms with Crippen LogP contribution in [-0.4, -0.2) is 65.8 Å². The van der Waals surface area contributed by atoms with E-state index in [9.17, 15) is 35.9 Å². The predicted octanol–water partition coefficient (Wildman–Crippen LogP) is 6.37. The van der Waals surface area contributed by atoms with E-state index in [1.165, 1.54) is 4.90 Å². The van der Waals surface area contributed by atoms with E-state index in [2.05, 4.69) is 0 Å². The van der Waals surface area contributed by atoms with Gasteiger partial charge in [0.15, 0.2) is 0 Å². The van der Waals surface area contributed by atoms with Gasteiger partial charge < -0.3 is 9.80 Å². The molecule has 11 heteroatoms. The van der Waals surface area contributed by atoms with Crippen molar-refractivity contribution in [1.29, 1.82) is 0 Å². The Kier molecular flexibility index (Phi) is 9.54. The Balaban J connectivity index is 1.59. The first-order valence-electron chi connectivity index (χ1n) is 13.8. The second-order valence-corrected chi connectivity index (χ2v) is 11.0. The van der Waals surface area contributed by atoms with Crippen LogP contribution in [0.5, 0.6) is 0 Å². The van der Waals surface area contributed by atoms with Crippen molar-refractivity contribution in [3.63, 3.8) is 0 Å². The average Bonchev–Trinajstić information content (AvgIpc) is 2.94. The molecule has 3 aromatic rings. The third kappa shape index (κ3) is 8.16. The molecule has 0 aromatic heterocycles. The first-order valence-corrected chi connectivity index (χ1v) is 13.8. The SMILES string of the molecule is Cc1ccc(CC2CN(CC(=O)N(C)Cc3ccccc3)CCN2C(=O)c2cc(C(F)(F)F)cc(C(F)(F)F)c2)cc1C. The molecule has 1 saturated heterocycles. The molecule has 43 heavy (non-hydrogen) atoms. The van der Waals surface area contributed by atoms with Crippen molar-refractivity contribution in [2.75, 3.05) is 33.2 Å². The van der Waals surface area contributed by atoms with Gasteiger partial charge in [-0.1, -0.05) is 48.5 Å². The largest absolute Gasteiger partial charge is 0.416 e. The Morgan fingerprint density at radius 3 is 2.02 bits per heavy atom. The van der Waals surface area contributed by atoms with Gasteiger partial charge >= 0.3 is 12.4 Å². The molecule has 2 amide bonds. The van der Waals surface area contributed by atoms with Gasteiger partial charge in [-0.15, -0.1) is 0 Å². The van der Waals surface area contributed by atoms with Crippen LogP contribution in [0.2, 0.25) is 0 Å². The fourth-order valence-electron chi connectivity index (χ4n) is 5.21. The van der Waals surface area contributed by atoms with Gasteiger partial charge in [-0.3, -0.25) is 14.5 Å². The maximum atomic E-state index is 13.6. The summed E-state index contributed by atoms with van der Waals surface area (Å²) < 4.78 is 81.1. The van der Waals surface area contributed by atoms with Gasteiger partial charge in [0, 0.05) is 44.8 Å². The number of benzene rings is 3. The number of piperazine rings is 1. The second kappa shape index (κ2) is 12.8. The molecule has 4 rings (SSSR count). The lowest BCUT2D eigenvalue weighted by molar-refractivity contribution is -0.143. The van der Waals surface area contributed by atoms with E-state index in [0.29, 0.717) is 25.1 Å². The van der Waals surface area contributed by atoms with E-state index in [-0.39, 0.29) is 38.2 Å². The second-order valence-electron chi connectivity index (χ2n) is 11.0. The quantitative estimate of drug-likeness (QED) is 0.294. The molecule has 230 valence electrons. The molecule has 3 aromatic carbocycles. The zero-order valence-electron chi connectivity index (χ0n) is 24.1. The monoisotopic (exact) mass is 605 g/mol. The maximum absolute atomic E-state index is 13.6. The van der Waals surface area contributed by atoms with E-state index < -0.39 is 41.0 Å². The van der Waals surface area contributed by atoms with Gasteiger partial charge in [-0.05, 0) is 60.7 Å². The van der Waals surface area contributed by atoms with Crippen molar-refractivity contribution in [2.45, 2.75) is 45.2 Å². The Bertz CT molecular complexity index is 1420. The summed E-state index contributed by atoms with van der Waals surface area (Å²) in [5.41, 5.74) is 0.121. The highest BCUT2D eigenvalue weighted by Crippen LogP contribution is 2.37. The normalized spacial score (nSPS) is 16.3. The summed E-state index contributed by atoms with van der Waals surface area (Å²) >= 11 is 0. The lowest BCUT2D eigenvalue weighted by atomic mass is 9.97. The molecule has 1 unspecified atom stereocenters. The van der Waals surface area contributed by atoms with Crippen LogP contribution in [0.25, 0.3) is 0 Å². The van der Waals surface area contributed by atoms with Gasteiger partial charge in [-0.25, -0.2) is 0 Å². The van der Waals surface area contributed by atoms with Gasteiger partial charge in [0.05, 0.1) is 17.7 Å². The topological polar surface area (TPSA) is 43.9 Å². The Morgan fingerprint density at radius 1 is 0.814 bits per heavy atom. The molecule has 0 aliphatic carbocycles. The molecule has 0 radical (unpaired) electrons. The predicted molar refractivity (Wildman–Crippen MR) is 150 cm³/mol. The van der Waals surface area contributed by atoms with Crippen molar-refractivity contribution in [3.8, 4) is 0 Å². The van der Waals surface area contributed by atoms with Crippen molar-refractivity contribution in [3.05, 3.63) is 106 Å². The number of halogens is 6. The number of aryl methyl sites for hydroxylation is 2. The van der Waals surface area contributed by atoms with Crippen LogP contribution >= 0.6 is 0 Å². The lowest BCUT2D eigenvalue weighted by Crippen LogP contribution is -2.57. The van der Waals surface area contributed by atoms with Crippen LogP contribution < -0.4 is 0 Å². The standard InChI is InChI=1S/C32H33F6N3O2/c1-21-9-10-24(13-22(21)2)14-28-19-40(20-29(42)39(3)18-23-7-5-4-6-8-23)11-12-41(28)30(43)25-15-26(31(33,34)35)17-27(16-25)32(36,37)38/h4-10,13,15-17,28H,11-12,14,18-20H2,1-3H3. The molecule has 1 aliphatic heterocycles. The first-order chi connectivity index (χ1) is 20.1. The van der Waals surface area contributed by atoms with Gasteiger partial charge in [-0.2, -0.15) is 26.3 Å². The molecule has 1 heterocycles. The summed E-state index contributed by atoms with van der Waals surface area (Å²) in [6.07, 6.45) is -9.83. The fraction of sp³-hybridized carbons (Fsp3) is 0.375. The number of carbonyl (C=O) groups is 2. The molecule has 0 saturated carbocycles. The Morgan fingerprint density at radius 2 is 1.44 bits per heavy atom. The van der Waals surface area contributed by atoms with Gasteiger partial charge in [0.25, 0.3) is 5.91 Å². The third-order valence-corrected chi connectivity index (χ3v) is 7.75. The minimum absolute atomic E-state index is 0.0127. The number of nitrogens with zero attached hydrogens (tertiary/aromatic N) is 3. The fourth-order valence-corrected chi connectivity index (χ4v) is 5.21. The van der Waals surface area contributed by atoms with Crippen molar-refractivity contribution >= 4 is 11.8 Å². The lowest BCUT2D eigenvalue weighted by Gasteiger charge is -2.42. The minimum atomic E-state index is -5.07. The summed E-state index contributed by atoms with van der Waals surface area (Å²) in [6.45, 7) is 4.80. The number of hydrogen-bond acceptors (Lipinski definition) is 3. The molecular formula is C32H33F6N3O2. The Hall–Kier alpha value is -3.86. The minimum Gasteiger partial charge on any atom is -0.340 e. The number of carbonyl (C=O) groups excluding carboxylic acids is 2. The van der Waals surface area contributed by atoms with Gasteiger partial charge in [0.2, 0.25) is 5.91 Å². The van der Waals surface area contributed by atoms with E-state index >= 15 is 0 Å². The molecule has 0 bridgehead atoms. The number of alkyl halides is 6. The summed E-state index contributed by atoms with van der Waals surface area (Å²) in [6, 6.07) is 15.6. The van der Waals surface area contributed by atoms with E-state index in [1.807, 2.05) is 67.3 Å². The van der Waals surface area contributed by atoms with Crippen LogP contribution in [0.15, 0.2) is 66.7 Å². The smallest absolute Gasteiger partial charge is 0.340 e. The molecular weight excluding hydrogens is 572 g/mol. The van der Waals surface area contributed by atoms with Crippen LogP contribution in [-0.2, 0) is 30.1 Å². The summed E-state index contributed by atoms with van der Waals surface area (Å²) in [5, 5.41) is 0. The molecule has 0 spiro atoms. The highest BCUT2D eigenvalue weighted by atomic mass is 19.4. The highest BCUT2D eigenvalue weighted by Gasteiger charge is 2.39. The van der Waals surface area contributed by atoms with Crippen LogP contribution in [0.4, 0.5) is 26.3 Å². The van der Waals surface area contributed by atoms with Gasteiger partial charge in [0.1, 0.15) is 0 Å². The number of amides is 2. The number of rotatable bonds is 7. The van der Waals surface area contributed by atoms with E-state index in [4.69, 9.17) is 0 Å². The first kappa shape index (κ1) is 32.1. The highest BCUT2D eigenvalue weighted by molar-refractivity contribution is 5.95. The van der Waals surface area contributed by atoms with Crippen molar-refractivity contribution < 1.29 is 35.9 Å². The number of hydrogen-bond donors (Lipinski definition) is 0. The molecule has 1 aliphatic rings. The number of likely N-dealkylation sites (N-methyl/N-ethyl adjacent to an activating group) is 1. The molecule has 1 fully saturated rings. The van der Waals surface area contributed by atoms with Crippen LogP contribution in [0, 0.1) is 13.8 Å². The maximum Gasteiger partial charge on any atom is 0.416 e. The molecule has 0 N–H and O–H groups in total. The summed E-state index contributed by atoms with van der Waals surface area (Å²) in [4.78, 5) is 31.5. The zero-order valence-corrected chi connectivity index (χ0v) is 24.1. The van der Waals surface area contributed by atoms with E-state index in [0.717, 1.165) is 22.3 Å². The van der Waals surface area contributed by atoms with Crippen LogP contribution in [0.3, 0.4) is 0 Å². The zero-order chi connectivity index (χ0) is 31.5. The van der Waals surface area contributed by atoms with E-state index in [1.54, 1.807) is 11.9 Å². The van der Waals surface area contributed by atoms with Crippen LogP contribution in [0.1, 0.15) is 43.7 Å². The van der Waals surface area contributed by atoms with Crippen molar-refractivity contribution in [2.24, 2.45) is 0 Å². The Labute approximate surface area is 246 Å². The summed E-state index contributed by atoms with van der Waals surface area (Å²) in [5.74, 6) is -1.07. The molecule has 5 nitrogen and oxygen atoms in total.